The zero-order valence-corrected chi connectivity index (χ0v) is 19.9. The number of hydrogen-bond donors (Lipinski definition) is 0. The van der Waals surface area contributed by atoms with E-state index < -0.39 is 19.5 Å². The number of carbonyl (C=O) groups excluding carboxylic acids is 1. The van der Waals surface area contributed by atoms with Crippen LogP contribution in [0.3, 0.4) is 0 Å². The molecule has 3 rings (SSSR count). The molecule has 2 atom stereocenters. The Bertz CT molecular complexity index is 792. The standard InChI is InChI=1S/C25H33O5P/c1-24(2,3)30-23(26)17-19-16-20(29-25(4,5)28-19)18-27-31(21-12-8-6-9-13-21)22-14-10-7-11-15-22/h6-15,19-20H,16-18H2,1-5H3. The minimum absolute atomic E-state index is 0.173. The lowest BCUT2D eigenvalue weighted by molar-refractivity contribution is -0.302. The number of carbonyl (C=O) groups is 1. The van der Waals surface area contributed by atoms with Gasteiger partial charge in [-0.3, -0.25) is 4.79 Å². The molecule has 2 aromatic carbocycles. The van der Waals surface area contributed by atoms with Gasteiger partial charge in [0.05, 0.1) is 33.4 Å². The van der Waals surface area contributed by atoms with Gasteiger partial charge in [0.1, 0.15) is 5.60 Å². The molecule has 1 heterocycles. The van der Waals surface area contributed by atoms with Gasteiger partial charge in [-0.2, -0.15) is 0 Å². The third-order valence-electron chi connectivity index (χ3n) is 4.61. The largest absolute Gasteiger partial charge is 0.460 e. The maximum absolute atomic E-state index is 12.3. The highest BCUT2D eigenvalue weighted by molar-refractivity contribution is 7.68. The summed E-state index contributed by atoms with van der Waals surface area (Å²) in [6.45, 7) is 9.77. The summed E-state index contributed by atoms with van der Waals surface area (Å²) < 4.78 is 24.0. The third kappa shape index (κ3) is 7.69. The van der Waals surface area contributed by atoms with Crippen LogP contribution in [0.5, 0.6) is 0 Å². The summed E-state index contributed by atoms with van der Waals surface area (Å²) in [4.78, 5) is 12.3. The lowest BCUT2D eigenvalue weighted by Crippen LogP contribution is -2.47. The summed E-state index contributed by atoms with van der Waals surface area (Å²) in [5.41, 5.74) is -0.512. The van der Waals surface area contributed by atoms with Crippen molar-refractivity contribution in [1.82, 2.24) is 0 Å². The predicted octanol–water partition coefficient (Wildman–Crippen LogP) is 4.69. The van der Waals surface area contributed by atoms with E-state index >= 15 is 0 Å². The highest BCUT2D eigenvalue weighted by Crippen LogP contribution is 2.37. The molecule has 0 spiro atoms. The van der Waals surface area contributed by atoms with Gasteiger partial charge in [-0.05, 0) is 34.6 Å². The minimum Gasteiger partial charge on any atom is -0.460 e. The molecule has 1 aliphatic heterocycles. The van der Waals surface area contributed by atoms with Gasteiger partial charge < -0.3 is 18.7 Å². The maximum Gasteiger partial charge on any atom is 0.308 e. The summed E-state index contributed by atoms with van der Waals surface area (Å²) in [6, 6.07) is 20.5. The van der Waals surface area contributed by atoms with Crippen molar-refractivity contribution in [2.75, 3.05) is 6.61 Å². The monoisotopic (exact) mass is 444 g/mol. The van der Waals surface area contributed by atoms with Crippen LogP contribution in [0, 0.1) is 0 Å². The maximum atomic E-state index is 12.3. The summed E-state index contributed by atoms with van der Waals surface area (Å²) >= 11 is 0. The molecule has 0 bridgehead atoms. The minimum atomic E-state index is -0.969. The molecule has 168 valence electrons. The molecule has 1 aliphatic rings. The first-order chi connectivity index (χ1) is 14.6. The molecule has 1 saturated heterocycles. The molecule has 31 heavy (non-hydrogen) atoms. The zero-order chi connectivity index (χ0) is 22.5. The van der Waals surface area contributed by atoms with Crippen molar-refractivity contribution in [3.05, 3.63) is 60.7 Å². The Morgan fingerprint density at radius 1 is 0.968 bits per heavy atom. The highest BCUT2D eigenvalue weighted by Gasteiger charge is 2.37. The van der Waals surface area contributed by atoms with Crippen molar-refractivity contribution in [2.24, 2.45) is 0 Å². The van der Waals surface area contributed by atoms with Crippen molar-refractivity contribution in [1.29, 1.82) is 0 Å². The molecular formula is C25H33O5P. The summed E-state index contributed by atoms with van der Waals surface area (Å²) in [7, 11) is -0.969. The topological polar surface area (TPSA) is 54.0 Å². The lowest BCUT2D eigenvalue weighted by Gasteiger charge is -2.41. The van der Waals surface area contributed by atoms with E-state index in [1.807, 2.05) is 71.0 Å². The number of ether oxygens (including phenoxy) is 3. The van der Waals surface area contributed by atoms with Gasteiger partial charge in [0.25, 0.3) is 0 Å². The molecule has 2 unspecified atom stereocenters. The van der Waals surface area contributed by atoms with Crippen molar-refractivity contribution in [2.45, 2.75) is 71.1 Å². The van der Waals surface area contributed by atoms with Gasteiger partial charge in [-0.15, -0.1) is 0 Å². The van der Waals surface area contributed by atoms with Crippen LogP contribution in [0.4, 0.5) is 0 Å². The molecular weight excluding hydrogens is 411 g/mol. The fraction of sp³-hybridized carbons (Fsp3) is 0.480. The van der Waals surface area contributed by atoms with Crippen LogP contribution < -0.4 is 10.6 Å². The van der Waals surface area contributed by atoms with Crippen LogP contribution >= 0.6 is 8.15 Å². The second-order valence-electron chi connectivity index (χ2n) is 9.17. The summed E-state index contributed by atoms with van der Waals surface area (Å²) in [6.07, 6.45) is 0.336. The Balaban J connectivity index is 1.67. The van der Waals surface area contributed by atoms with Crippen LogP contribution in [-0.4, -0.2) is 36.2 Å². The third-order valence-corrected chi connectivity index (χ3v) is 6.55. The molecule has 0 aliphatic carbocycles. The molecule has 0 amide bonds. The average Bonchev–Trinajstić information content (AvgIpc) is 2.67. The van der Waals surface area contributed by atoms with Crippen molar-refractivity contribution in [3.8, 4) is 0 Å². The SMILES string of the molecule is CC(C)(C)OC(=O)CC1CC(COP(c2ccccc2)c2ccccc2)OC(C)(C)O1. The Hall–Kier alpha value is -1.78. The van der Waals surface area contributed by atoms with Gasteiger partial charge in [0, 0.05) is 17.0 Å². The Morgan fingerprint density at radius 3 is 2.00 bits per heavy atom. The zero-order valence-electron chi connectivity index (χ0n) is 19.0. The van der Waals surface area contributed by atoms with Crippen LogP contribution in [0.1, 0.15) is 47.5 Å². The number of esters is 1. The van der Waals surface area contributed by atoms with E-state index in [9.17, 15) is 4.79 Å². The first kappa shape index (κ1) is 23.9. The first-order valence-corrected chi connectivity index (χ1v) is 12.0. The van der Waals surface area contributed by atoms with E-state index in [1.54, 1.807) is 0 Å². The quantitative estimate of drug-likeness (QED) is 0.458. The van der Waals surface area contributed by atoms with E-state index in [0.717, 1.165) is 10.6 Å². The molecule has 6 heteroatoms. The Labute approximate surface area is 186 Å². The number of rotatable bonds is 7. The second kappa shape index (κ2) is 10.2. The van der Waals surface area contributed by atoms with E-state index in [4.69, 9.17) is 18.7 Å². The van der Waals surface area contributed by atoms with E-state index in [1.165, 1.54) is 0 Å². The predicted molar refractivity (Wildman–Crippen MR) is 124 cm³/mol. The van der Waals surface area contributed by atoms with Crippen LogP contribution in [0.25, 0.3) is 0 Å². The van der Waals surface area contributed by atoms with Crippen LogP contribution in [0.15, 0.2) is 60.7 Å². The van der Waals surface area contributed by atoms with Crippen LogP contribution in [-0.2, 0) is 23.5 Å². The second-order valence-corrected chi connectivity index (χ2v) is 11.0. The van der Waals surface area contributed by atoms with Gasteiger partial charge >= 0.3 is 5.97 Å². The number of benzene rings is 2. The highest BCUT2D eigenvalue weighted by atomic mass is 31.1. The van der Waals surface area contributed by atoms with Gasteiger partial charge in [-0.1, -0.05) is 60.7 Å². The molecule has 0 saturated carbocycles. The molecule has 2 aromatic rings. The van der Waals surface area contributed by atoms with Crippen LogP contribution in [0.2, 0.25) is 0 Å². The average molecular weight is 445 g/mol. The van der Waals surface area contributed by atoms with E-state index in [0.29, 0.717) is 13.0 Å². The fourth-order valence-electron chi connectivity index (χ4n) is 3.60. The molecule has 5 nitrogen and oxygen atoms in total. The fourth-order valence-corrected chi connectivity index (χ4v) is 5.40. The van der Waals surface area contributed by atoms with E-state index in [-0.39, 0.29) is 24.6 Å². The first-order valence-electron chi connectivity index (χ1n) is 10.7. The Kier molecular flexibility index (Phi) is 7.87. The Morgan fingerprint density at radius 2 is 1.48 bits per heavy atom. The summed E-state index contributed by atoms with van der Waals surface area (Å²) in [5.74, 6) is -1.05. The van der Waals surface area contributed by atoms with Gasteiger partial charge in [0.2, 0.25) is 0 Å². The molecule has 0 aromatic heterocycles. The van der Waals surface area contributed by atoms with E-state index in [2.05, 4.69) is 24.3 Å². The van der Waals surface area contributed by atoms with Gasteiger partial charge in [0.15, 0.2) is 5.79 Å². The molecule has 1 fully saturated rings. The van der Waals surface area contributed by atoms with Crippen molar-refractivity contribution < 1.29 is 23.5 Å². The normalized spacial score (nSPS) is 21.1. The lowest BCUT2D eigenvalue weighted by atomic mass is 10.1. The van der Waals surface area contributed by atoms with Gasteiger partial charge in [-0.25, -0.2) is 0 Å². The smallest absolute Gasteiger partial charge is 0.308 e. The number of hydrogen-bond acceptors (Lipinski definition) is 5. The van der Waals surface area contributed by atoms with Crippen molar-refractivity contribution >= 4 is 24.7 Å². The molecule has 0 N–H and O–H groups in total. The molecule has 0 radical (unpaired) electrons. The summed E-state index contributed by atoms with van der Waals surface area (Å²) in [5, 5.41) is 2.31. The van der Waals surface area contributed by atoms with Crippen molar-refractivity contribution in [3.63, 3.8) is 0 Å².